The molecular weight excluding hydrogens is 322 g/mol. The second-order valence-electron chi connectivity index (χ2n) is 5.56. The summed E-state index contributed by atoms with van der Waals surface area (Å²) in [4.78, 5) is 30.4. The molecule has 1 aromatic carbocycles. The molecule has 0 aliphatic carbocycles. The van der Waals surface area contributed by atoms with Crippen LogP contribution in [-0.2, 0) is 16.1 Å². The zero-order valence-electron chi connectivity index (χ0n) is 13.3. The summed E-state index contributed by atoms with van der Waals surface area (Å²) >= 11 is 1.49. The van der Waals surface area contributed by atoms with Crippen molar-refractivity contribution >= 4 is 29.3 Å². The number of rotatable bonds is 6. The first kappa shape index (κ1) is 16.5. The second-order valence-corrected chi connectivity index (χ2v) is 6.61. The summed E-state index contributed by atoms with van der Waals surface area (Å²) in [7, 11) is 0. The first-order valence-electron chi connectivity index (χ1n) is 7.91. The average molecular weight is 341 g/mol. The molecule has 0 bridgehead atoms. The number of thioether (sulfide) groups is 1. The number of amides is 2. The van der Waals surface area contributed by atoms with Gasteiger partial charge in [-0.2, -0.15) is 0 Å². The van der Waals surface area contributed by atoms with E-state index in [4.69, 9.17) is 0 Å². The molecule has 1 aliphatic rings. The Morgan fingerprint density at radius 2 is 1.92 bits per heavy atom. The monoisotopic (exact) mass is 341 g/mol. The molecule has 24 heavy (non-hydrogen) atoms. The van der Waals surface area contributed by atoms with Crippen molar-refractivity contribution in [3.63, 3.8) is 0 Å². The number of pyridine rings is 1. The van der Waals surface area contributed by atoms with E-state index >= 15 is 0 Å². The molecule has 2 amide bonds. The normalized spacial score (nSPS) is 14.0. The van der Waals surface area contributed by atoms with Crippen LogP contribution in [0.3, 0.4) is 0 Å². The van der Waals surface area contributed by atoms with Gasteiger partial charge in [-0.05, 0) is 36.2 Å². The number of aromatic nitrogens is 1. The van der Waals surface area contributed by atoms with Gasteiger partial charge in [0.05, 0.1) is 5.75 Å². The van der Waals surface area contributed by atoms with Crippen molar-refractivity contribution < 1.29 is 9.59 Å². The summed E-state index contributed by atoms with van der Waals surface area (Å²) in [6.07, 6.45) is 4.98. The van der Waals surface area contributed by atoms with Gasteiger partial charge < -0.3 is 10.2 Å². The molecule has 0 unspecified atom stereocenters. The Kier molecular flexibility index (Phi) is 5.48. The van der Waals surface area contributed by atoms with Crippen molar-refractivity contribution in [1.82, 2.24) is 10.3 Å². The Labute approximate surface area is 145 Å². The molecule has 0 spiro atoms. The van der Waals surface area contributed by atoms with Crippen molar-refractivity contribution in [2.24, 2.45) is 0 Å². The van der Waals surface area contributed by atoms with E-state index in [1.54, 1.807) is 12.4 Å². The standard InChI is InChI=1S/C18H19N3O2S/c22-17(13-24-16-7-9-19-10-8-16)20-12-14-3-5-15(6-4-14)21-11-1-2-18(21)23/h3-10H,1-2,11-13H2,(H,20,22). The lowest BCUT2D eigenvalue weighted by Gasteiger charge is -2.16. The van der Waals surface area contributed by atoms with Gasteiger partial charge in [0.15, 0.2) is 0 Å². The zero-order chi connectivity index (χ0) is 16.8. The van der Waals surface area contributed by atoms with Crippen molar-refractivity contribution in [3.8, 4) is 0 Å². The third kappa shape index (κ3) is 4.35. The molecule has 1 aliphatic heterocycles. The number of carbonyl (C=O) groups excluding carboxylic acids is 2. The van der Waals surface area contributed by atoms with Crippen LogP contribution in [0.15, 0.2) is 53.7 Å². The number of anilines is 1. The predicted octanol–water partition coefficient (Wildman–Crippen LogP) is 2.62. The van der Waals surface area contributed by atoms with Gasteiger partial charge in [-0.3, -0.25) is 14.6 Å². The maximum absolute atomic E-state index is 11.9. The Bertz CT molecular complexity index is 704. The molecule has 0 saturated carbocycles. The molecule has 1 fully saturated rings. The fraction of sp³-hybridized carbons (Fsp3) is 0.278. The van der Waals surface area contributed by atoms with E-state index in [0.29, 0.717) is 18.7 Å². The number of nitrogens with one attached hydrogen (secondary N) is 1. The van der Waals surface area contributed by atoms with Gasteiger partial charge in [-0.25, -0.2) is 0 Å². The van der Waals surface area contributed by atoms with Gasteiger partial charge in [-0.1, -0.05) is 12.1 Å². The van der Waals surface area contributed by atoms with Gasteiger partial charge in [0.1, 0.15) is 0 Å². The first-order chi connectivity index (χ1) is 11.7. The highest BCUT2D eigenvalue weighted by molar-refractivity contribution is 8.00. The fourth-order valence-electron chi connectivity index (χ4n) is 2.55. The van der Waals surface area contributed by atoms with Crippen LogP contribution in [0.4, 0.5) is 5.69 Å². The van der Waals surface area contributed by atoms with Crippen molar-refractivity contribution in [2.75, 3.05) is 17.2 Å². The largest absolute Gasteiger partial charge is 0.351 e. The Hall–Kier alpha value is -2.34. The van der Waals surface area contributed by atoms with Gasteiger partial charge in [0.25, 0.3) is 0 Å². The molecule has 124 valence electrons. The van der Waals surface area contributed by atoms with Crippen LogP contribution in [-0.4, -0.2) is 29.1 Å². The maximum Gasteiger partial charge on any atom is 0.230 e. The molecule has 1 saturated heterocycles. The summed E-state index contributed by atoms with van der Waals surface area (Å²) in [6.45, 7) is 1.28. The van der Waals surface area contributed by atoms with Gasteiger partial charge in [0.2, 0.25) is 11.8 Å². The number of hydrogen-bond donors (Lipinski definition) is 1. The third-order valence-electron chi connectivity index (χ3n) is 3.83. The molecule has 1 aromatic heterocycles. The highest BCUT2D eigenvalue weighted by atomic mass is 32.2. The summed E-state index contributed by atoms with van der Waals surface area (Å²) in [5.41, 5.74) is 1.95. The van der Waals surface area contributed by atoms with Gasteiger partial charge in [0, 0.05) is 42.5 Å². The van der Waals surface area contributed by atoms with E-state index in [1.807, 2.05) is 41.3 Å². The lowest BCUT2D eigenvalue weighted by molar-refractivity contribution is -0.119. The van der Waals surface area contributed by atoms with Gasteiger partial charge >= 0.3 is 0 Å². The molecular formula is C18H19N3O2S. The Balaban J connectivity index is 1.46. The van der Waals surface area contributed by atoms with E-state index in [9.17, 15) is 9.59 Å². The number of benzene rings is 1. The molecule has 1 N–H and O–H groups in total. The smallest absolute Gasteiger partial charge is 0.230 e. The van der Waals surface area contributed by atoms with E-state index in [2.05, 4.69) is 10.3 Å². The number of nitrogens with zero attached hydrogens (tertiary/aromatic N) is 2. The number of hydrogen-bond acceptors (Lipinski definition) is 4. The van der Waals surface area contributed by atoms with E-state index in [-0.39, 0.29) is 11.8 Å². The first-order valence-corrected chi connectivity index (χ1v) is 8.90. The van der Waals surface area contributed by atoms with E-state index < -0.39 is 0 Å². The maximum atomic E-state index is 11.9. The minimum Gasteiger partial charge on any atom is -0.351 e. The molecule has 5 nitrogen and oxygen atoms in total. The molecule has 0 radical (unpaired) electrons. The highest BCUT2D eigenvalue weighted by Crippen LogP contribution is 2.21. The van der Waals surface area contributed by atoms with Gasteiger partial charge in [-0.15, -0.1) is 11.8 Å². The SMILES string of the molecule is O=C(CSc1ccncc1)NCc1ccc(N2CCCC2=O)cc1. The predicted molar refractivity (Wildman–Crippen MR) is 94.8 cm³/mol. The minimum absolute atomic E-state index is 0.00407. The Morgan fingerprint density at radius 1 is 1.17 bits per heavy atom. The van der Waals surface area contributed by atoms with E-state index in [0.717, 1.165) is 29.1 Å². The number of carbonyl (C=O) groups is 2. The molecule has 2 aromatic rings. The van der Waals surface area contributed by atoms with Crippen molar-refractivity contribution in [3.05, 3.63) is 54.4 Å². The highest BCUT2D eigenvalue weighted by Gasteiger charge is 2.21. The molecule has 6 heteroatoms. The van der Waals surface area contributed by atoms with Crippen LogP contribution >= 0.6 is 11.8 Å². The summed E-state index contributed by atoms with van der Waals surface area (Å²) in [5, 5.41) is 2.91. The molecule has 0 atom stereocenters. The zero-order valence-corrected chi connectivity index (χ0v) is 14.1. The lowest BCUT2D eigenvalue weighted by atomic mass is 10.2. The topological polar surface area (TPSA) is 62.3 Å². The van der Waals surface area contributed by atoms with Crippen LogP contribution in [0, 0.1) is 0 Å². The fourth-order valence-corrected chi connectivity index (χ4v) is 3.26. The molecule has 2 heterocycles. The van der Waals surface area contributed by atoms with Crippen LogP contribution < -0.4 is 10.2 Å². The molecule has 3 rings (SSSR count). The minimum atomic E-state index is -0.00407. The summed E-state index contributed by atoms with van der Waals surface area (Å²) in [6, 6.07) is 11.6. The lowest BCUT2D eigenvalue weighted by Crippen LogP contribution is -2.25. The second kappa shape index (κ2) is 7.97. The van der Waals surface area contributed by atoms with Crippen molar-refractivity contribution in [1.29, 1.82) is 0 Å². The summed E-state index contributed by atoms with van der Waals surface area (Å²) < 4.78 is 0. The Morgan fingerprint density at radius 3 is 2.58 bits per heavy atom. The quantitative estimate of drug-likeness (QED) is 0.821. The van der Waals surface area contributed by atoms with Crippen LogP contribution in [0.25, 0.3) is 0 Å². The average Bonchev–Trinajstić information content (AvgIpc) is 3.05. The van der Waals surface area contributed by atoms with Crippen LogP contribution in [0.5, 0.6) is 0 Å². The summed E-state index contributed by atoms with van der Waals surface area (Å²) in [5.74, 6) is 0.560. The van der Waals surface area contributed by atoms with Crippen LogP contribution in [0.2, 0.25) is 0 Å². The van der Waals surface area contributed by atoms with E-state index in [1.165, 1.54) is 11.8 Å². The van der Waals surface area contributed by atoms with Crippen LogP contribution in [0.1, 0.15) is 18.4 Å². The third-order valence-corrected chi connectivity index (χ3v) is 4.84. The van der Waals surface area contributed by atoms with Crippen molar-refractivity contribution in [2.45, 2.75) is 24.3 Å².